The van der Waals surface area contributed by atoms with Gasteiger partial charge in [-0.05, 0) is 26.0 Å². The topological polar surface area (TPSA) is 18.5 Å². The van der Waals surface area contributed by atoms with Crippen molar-refractivity contribution in [3.8, 4) is 11.5 Å². The minimum atomic E-state index is 0. The van der Waals surface area contributed by atoms with Gasteiger partial charge in [-0.25, -0.2) is 0 Å². The molecular weight excluding hydrogens is 322 g/mol. The quantitative estimate of drug-likeness (QED) is 0.632. The number of likely N-dealkylation sites (N-methyl/N-ethyl adjacent to an activating group) is 1. The fraction of sp³-hybridized carbons (Fsp3) is 0.400. The molecular formula is C20H28ClNO2. The van der Waals surface area contributed by atoms with Crippen LogP contribution in [0.15, 0.2) is 54.6 Å². The van der Waals surface area contributed by atoms with E-state index in [1.165, 1.54) is 5.56 Å². The molecule has 132 valence electrons. The summed E-state index contributed by atoms with van der Waals surface area (Å²) in [5.74, 6) is 1.70. The molecule has 0 saturated carbocycles. The van der Waals surface area contributed by atoms with Crippen LogP contribution in [0.5, 0.6) is 11.5 Å². The maximum atomic E-state index is 5.95. The Morgan fingerprint density at radius 2 is 1.54 bits per heavy atom. The molecule has 4 heteroatoms. The largest absolute Gasteiger partial charge is 1.00 e. The van der Waals surface area contributed by atoms with Crippen molar-refractivity contribution < 1.29 is 26.4 Å². The molecule has 0 aliphatic rings. The van der Waals surface area contributed by atoms with Gasteiger partial charge < -0.3 is 26.4 Å². The molecule has 0 fully saturated rings. The molecule has 0 saturated heterocycles. The molecule has 0 heterocycles. The fourth-order valence-electron chi connectivity index (χ4n) is 2.86. The zero-order chi connectivity index (χ0) is 16.5. The first kappa shape index (κ1) is 20.3. The summed E-state index contributed by atoms with van der Waals surface area (Å²) in [7, 11) is 1.68. The van der Waals surface area contributed by atoms with Crippen LogP contribution in [0.2, 0.25) is 0 Å². The van der Waals surface area contributed by atoms with Crippen LogP contribution in [0.1, 0.15) is 19.4 Å². The van der Waals surface area contributed by atoms with E-state index in [0.717, 1.165) is 42.2 Å². The monoisotopic (exact) mass is 349 g/mol. The molecule has 0 aliphatic heterocycles. The lowest BCUT2D eigenvalue weighted by atomic mass is 10.2. The van der Waals surface area contributed by atoms with E-state index in [1.54, 1.807) is 7.11 Å². The van der Waals surface area contributed by atoms with Crippen molar-refractivity contribution in [3.05, 3.63) is 60.2 Å². The lowest BCUT2D eigenvalue weighted by Gasteiger charge is -2.37. The molecule has 0 unspecified atom stereocenters. The predicted octanol–water partition coefficient (Wildman–Crippen LogP) is 1.13. The minimum Gasteiger partial charge on any atom is -1.00 e. The summed E-state index contributed by atoms with van der Waals surface area (Å²) in [6.45, 7) is 9.49. The second-order valence-electron chi connectivity index (χ2n) is 5.87. The number of rotatable bonds is 9. The number of quaternary nitrogens is 1. The highest BCUT2D eigenvalue weighted by Gasteiger charge is 2.23. The van der Waals surface area contributed by atoms with Gasteiger partial charge in [-0.1, -0.05) is 36.4 Å². The van der Waals surface area contributed by atoms with Gasteiger partial charge in [0.1, 0.15) is 31.2 Å². The van der Waals surface area contributed by atoms with Gasteiger partial charge in [-0.2, -0.15) is 0 Å². The van der Waals surface area contributed by atoms with Crippen molar-refractivity contribution in [3.63, 3.8) is 0 Å². The van der Waals surface area contributed by atoms with Gasteiger partial charge in [0.05, 0.1) is 20.2 Å². The first-order valence-electron chi connectivity index (χ1n) is 8.37. The Kier molecular flexibility index (Phi) is 8.66. The Bertz CT molecular complexity index is 585. The standard InChI is InChI=1S/C20H28NO2.ClH/c1-4-21(5-2,17-18-10-7-6-8-11-18)14-15-23-20-13-9-12-19(16-20)22-3;/h6-13,16H,4-5,14-15,17H2,1-3H3;1H/q+1;/p-1. The SMILES string of the molecule is CC[N+](CC)(CCOc1cccc(OC)c1)Cc1ccccc1.[Cl-]. The summed E-state index contributed by atoms with van der Waals surface area (Å²) in [5.41, 5.74) is 1.39. The van der Waals surface area contributed by atoms with Gasteiger partial charge in [-0.3, -0.25) is 0 Å². The normalized spacial score (nSPS) is 10.8. The average molecular weight is 350 g/mol. The van der Waals surface area contributed by atoms with Crippen LogP contribution >= 0.6 is 0 Å². The van der Waals surface area contributed by atoms with Crippen molar-refractivity contribution in [1.29, 1.82) is 0 Å². The summed E-state index contributed by atoms with van der Waals surface area (Å²) >= 11 is 0. The summed E-state index contributed by atoms with van der Waals surface area (Å²) < 4.78 is 12.2. The van der Waals surface area contributed by atoms with Crippen LogP contribution in [0.25, 0.3) is 0 Å². The molecule has 0 amide bonds. The van der Waals surface area contributed by atoms with Crippen molar-refractivity contribution in [1.82, 2.24) is 0 Å². The molecule has 24 heavy (non-hydrogen) atoms. The van der Waals surface area contributed by atoms with Gasteiger partial charge in [0.15, 0.2) is 0 Å². The van der Waals surface area contributed by atoms with E-state index in [0.29, 0.717) is 6.61 Å². The predicted molar refractivity (Wildman–Crippen MR) is 94.8 cm³/mol. The Morgan fingerprint density at radius 3 is 2.17 bits per heavy atom. The Balaban J connectivity index is 0.00000288. The molecule has 0 spiro atoms. The molecule has 0 aromatic heterocycles. The summed E-state index contributed by atoms with van der Waals surface area (Å²) in [6, 6.07) is 18.5. The number of nitrogens with zero attached hydrogens (tertiary/aromatic N) is 1. The van der Waals surface area contributed by atoms with Crippen molar-refractivity contribution in [2.45, 2.75) is 20.4 Å². The summed E-state index contributed by atoms with van der Waals surface area (Å²) in [6.07, 6.45) is 0. The van der Waals surface area contributed by atoms with Crippen LogP contribution in [-0.2, 0) is 6.54 Å². The first-order valence-corrected chi connectivity index (χ1v) is 8.37. The zero-order valence-corrected chi connectivity index (χ0v) is 15.6. The number of halogens is 1. The Morgan fingerprint density at radius 1 is 0.875 bits per heavy atom. The third-order valence-electron chi connectivity index (χ3n) is 4.58. The molecule has 2 aromatic carbocycles. The van der Waals surface area contributed by atoms with E-state index in [4.69, 9.17) is 9.47 Å². The third kappa shape index (κ3) is 5.73. The lowest BCUT2D eigenvalue weighted by Crippen LogP contribution is -3.00. The molecule has 0 aliphatic carbocycles. The Hall–Kier alpha value is -1.71. The maximum Gasteiger partial charge on any atom is 0.137 e. The highest BCUT2D eigenvalue weighted by Crippen LogP contribution is 2.20. The third-order valence-corrected chi connectivity index (χ3v) is 4.58. The summed E-state index contributed by atoms with van der Waals surface area (Å²) in [5, 5.41) is 0. The molecule has 0 N–H and O–H groups in total. The number of hydrogen-bond donors (Lipinski definition) is 0. The van der Waals surface area contributed by atoms with Crippen LogP contribution in [0.4, 0.5) is 0 Å². The maximum absolute atomic E-state index is 5.95. The van der Waals surface area contributed by atoms with E-state index in [9.17, 15) is 0 Å². The van der Waals surface area contributed by atoms with Gasteiger partial charge >= 0.3 is 0 Å². The number of methoxy groups -OCH3 is 1. The van der Waals surface area contributed by atoms with E-state index in [1.807, 2.05) is 24.3 Å². The van der Waals surface area contributed by atoms with E-state index >= 15 is 0 Å². The van der Waals surface area contributed by atoms with E-state index in [2.05, 4.69) is 44.2 Å². The molecule has 0 radical (unpaired) electrons. The van der Waals surface area contributed by atoms with Crippen LogP contribution in [0.3, 0.4) is 0 Å². The average Bonchev–Trinajstić information content (AvgIpc) is 2.62. The van der Waals surface area contributed by atoms with Crippen LogP contribution < -0.4 is 21.9 Å². The highest BCUT2D eigenvalue weighted by molar-refractivity contribution is 5.32. The van der Waals surface area contributed by atoms with Gasteiger partial charge in [0.25, 0.3) is 0 Å². The first-order chi connectivity index (χ1) is 11.2. The molecule has 2 aromatic rings. The second kappa shape index (κ2) is 10.2. The lowest BCUT2D eigenvalue weighted by molar-refractivity contribution is -0.937. The van der Waals surface area contributed by atoms with Crippen molar-refractivity contribution in [2.75, 3.05) is 33.4 Å². The smallest absolute Gasteiger partial charge is 0.137 e. The van der Waals surface area contributed by atoms with Crippen molar-refractivity contribution >= 4 is 0 Å². The number of hydrogen-bond acceptors (Lipinski definition) is 2. The summed E-state index contributed by atoms with van der Waals surface area (Å²) in [4.78, 5) is 0. The number of ether oxygens (including phenoxy) is 2. The molecule has 0 bridgehead atoms. The highest BCUT2D eigenvalue weighted by atomic mass is 35.5. The van der Waals surface area contributed by atoms with Gasteiger partial charge in [-0.15, -0.1) is 0 Å². The number of benzene rings is 2. The molecule has 2 rings (SSSR count). The molecule has 0 atom stereocenters. The van der Waals surface area contributed by atoms with E-state index < -0.39 is 0 Å². The zero-order valence-electron chi connectivity index (χ0n) is 14.9. The van der Waals surface area contributed by atoms with E-state index in [-0.39, 0.29) is 12.4 Å². The van der Waals surface area contributed by atoms with Crippen molar-refractivity contribution in [2.24, 2.45) is 0 Å². The molecule has 3 nitrogen and oxygen atoms in total. The van der Waals surface area contributed by atoms with Gasteiger partial charge in [0.2, 0.25) is 0 Å². The van der Waals surface area contributed by atoms with Crippen LogP contribution in [-0.4, -0.2) is 37.8 Å². The van der Waals surface area contributed by atoms with Crippen LogP contribution in [0, 0.1) is 0 Å². The van der Waals surface area contributed by atoms with Gasteiger partial charge in [0, 0.05) is 11.6 Å². The second-order valence-corrected chi connectivity index (χ2v) is 5.87. The fourth-order valence-corrected chi connectivity index (χ4v) is 2.86. The minimum absolute atomic E-state index is 0. The Labute approximate surface area is 152 Å².